The lowest BCUT2D eigenvalue weighted by Gasteiger charge is -2.33. The Morgan fingerprint density at radius 2 is 1.72 bits per heavy atom. The third kappa shape index (κ3) is 3.80. The lowest BCUT2D eigenvalue weighted by atomic mass is 9.70. The molecule has 1 fully saturated rings. The number of amides is 1. The van der Waals surface area contributed by atoms with Crippen molar-refractivity contribution in [2.75, 3.05) is 13.1 Å². The SMILES string of the molecule is CC(C)(C)C(=O)[C@@H]1CCCC[C@@H]1C(=O)NCCN. The van der Waals surface area contributed by atoms with Crippen LogP contribution in [0.25, 0.3) is 0 Å². The first-order valence-electron chi connectivity index (χ1n) is 6.90. The van der Waals surface area contributed by atoms with Crippen LogP contribution in [0.15, 0.2) is 0 Å². The summed E-state index contributed by atoms with van der Waals surface area (Å²) in [5, 5.41) is 2.82. The number of carbonyl (C=O) groups is 2. The van der Waals surface area contributed by atoms with E-state index in [1.165, 1.54) is 0 Å². The van der Waals surface area contributed by atoms with Crippen molar-refractivity contribution in [3.05, 3.63) is 0 Å². The van der Waals surface area contributed by atoms with Crippen molar-refractivity contribution < 1.29 is 9.59 Å². The zero-order valence-electron chi connectivity index (χ0n) is 11.8. The molecule has 0 radical (unpaired) electrons. The molecular formula is C14H26N2O2. The van der Waals surface area contributed by atoms with E-state index in [0.717, 1.165) is 25.7 Å². The van der Waals surface area contributed by atoms with Crippen molar-refractivity contribution in [2.45, 2.75) is 46.5 Å². The third-order valence-electron chi connectivity index (χ3n) is 3.62. The maximum absolute atomic E-state index is 12.4. The summed E-state index contributed by atoms with van der Waals surface area (Å²) in [6.45, 7) is 6.72. The standard InChI is InChI=1S/C14H26N2O2/c1-14(2,3)12(17)10-6-4-5-7-11(10)13(18)16-9-8-15/h10-11H,4-9,15H2,1-3H3,(H,16,18)/t10-,11+/m1/s1. The first-order chi connectivity index (χ1) is 8.38. The molecule has 2 atom stereocenters. The number of rotatable bonds is 4. The van der Waals surface area contributed by atoms with Gasteiger partial charge < -0.3 is 11.1 Å². The molecule has 1 aliphatic rings. The van der Waals surface area contributed by atoms with Crippen LogP contribution in [0.1, 0.15) is 46.5 Å². The van der Waals surface area contributed by atoms with Gasteiger partial charge in [-0.2, -0.15) is 0 Å². The lowest BCUT2D eigenvalue weighted by Crippen LogP contribution is -2.43. The van der Waals surface area contributed by atoms with Gasteiger partial charge in [-0.3, -0.25) is 9.59 Å². The van der Waals surface area contributed by atoms with Gasteiger partial charge in [0.2, 0.25) is 5.91 Å². The summed E-state index contributed by atoms with van der Waals surface area (Å²) < 4.78 is 0. The average Bonchev–Trinajstić information content (AvgIpc) is 2.34. The fourth-order valence-electron chi connectivity index (χ4n) is 2.64. The van der Waals surface area contributed by atoms with Crippen LogP contribution in [0.5, 0.6) is 0 Å². The molecule has 0 bridgehead atoms. The summed E-state index contributed by atoms with van der Waals surface area (Å²) >= 11 is 0. The minimum absolute atomic E-state index is 0.00255. The highest BCUT2D eigenvalue weighted by Gasteiger charge is 2.39. The number of ketones is 1. The third-order valence-corrected chi connectivity index (χ3v) is 3.62. The van der Waals surface area contributed by atoms with E-state index in [9.17, 15) is 9.59 Å². The monoisotopic (exact) mass is 254 g/mol. The molecular weight excluding hydrogens is 228 g/mol. The average molecular weight is 254 g/mol. The number of nitrogens with one attached hydrogen (secondary N) is 1. The van der Waals surface area contributed by atoms with Crippen molar-refractivity contribution in [2.24, 2.45) is 23.0 Å². The van der Waals surface area contributed by atoms with Gasteiger partial charge in [-0.15, -0.1) is 0 Å². The summed E-state index contributed by atoms with van der Waals surface area (Å²) in [4.78, 5) is 24.5. The first-order valence-corrected chi connectivity index (χ1v) is 6.90. The first kappa shape index (κ1) is 15.2. The minimum atomic E-state index is -0.367. The van der Waals surface area contributed by atoms with Crippen LogP contribution < -0.4 is 11.1 Å². The molecule has 0 saturated heterocycles. The molecule has 4 nitrogen and oxygen atoms in total. The molecule has 0 heterocycles. The smallest absolute Gasteiger partial charge is 0.223 e. The molecule has 18 heavy (non-hydrogen) atoms. The predicted molar refractivity (Wildman–Crippen MR) is 72.0 cm³/mol. The highest BCUT2D eigenvalue weighted by Crippen LogP contribution is 2.35. The second-order valence-electron chi connectivity index (χ2n) is 6.19. The van der Waals surface area contributed by atoms with Gasteiger partial charge in [0.1, 0.15) is 5.78 Å². The van der Waals surface area contributed by atoms with Crippen molar-refractivity contribution in [3.8, 4) is 0 Å². The quantitative estimate of drug-likeness (QED) is 0.798. The minimum Gasteiger partial charge on any atom is -0.355 e. The van der Waals surface area contributed by atoms with E-state index < -0.39 is 0 Å². The van der Waals surface area contributed by atoms with Crippen LogP contribution in [0.3, 0.4) is 0 Å². The van der Waals surface area contributed by atoms with E-state index >= 15 is 0 Å². The van der Waals surface area contributed by atoms with Crippen molar-refractivity contribution in [1.82, 2.24) is 5.32 Å². The zero-order chi connectivity index (χ0) is 13.8. The van der Waals surface area contributed by atoms with Crippen LogP contribution >= 0.6 is 0 Å². The Labute approximate surface area is 110 Å². The summed E-state index contributed by atoms with van der Waals surface area (Å²) in [7, 11) is 0. The Bertz CT molecular complexity index is 307. The molecule has 0 aromatic rings. The number of hydrogen-bond donors (Lipinski definition) is 2. The maximum Gasteiger partial charge on any atom is 0.223 e. The zero-order valence-corrected chi connectivity index (χ0v) is 11.8. The molecule has 0 aliphatic heterocycles. The Morgan fingerprint density at radius 1 is 1.17 bits per heavy atom. The van der Waals surface area contributed by atoms with E-state index in [4.69, 9.17) is 5.73 Å². The van der Waals surface area contributed by atoms with Crippen LogP contribution in [-0.4, -0.2) is 24.8 Å². The maximum atomic E-state index is 12.4. The molecule has 0 aromatic heterocycles. The van der Waals surface area contributed by atoms with Crippen LogP contribution in [0.2, 0.25) is 0 Å². The van der Waals surface area contributed by atoms with Crippen molar-refractivity contribution >= 4 is 11.7 Å². The van der Waals surface area contributed by atoms with Gasteiger partial charge in [-0.1, -0.05) is 33.6 Å². The predicted octanol–water partition coefficient (Wildman–Crippen LogP) is 1.48. The molecule has 0 unspecified atom stereocenters. The van der Waals surface area contributed by atoms with Crippen LogP contribution in [-0.2, 0) is 9.59 Å². The van der Waals surface area contributed by atoms with Gasteiger partial charge in [0, 0.05) is 30.3 Å². The summed E-state index contributed by atoms with van der Waals surface area (Å²) in [5.74, 6) is -0.0496. The molecule has 1 saturated carbocycles. The topological polar surface area (TPSA) is 72.2 Å². The van der Waals surface area contributed by atoms with Gasteiger partial charge >= 0.3 is 0 Å². The molecule has 1 aliphatic carbocycles. The molecule has 1 rings (SSSR count). The van der Waals surface area contributed by atoms with Gasteiger partial charge in [-0.05, 0) is 12.8 Å². The van der Waals surface area contributed by atoms with Crippen molar-refractivity contribution in [1.29, 1.82) is 0 Å². The van der Waals surface area contributed by atoms with Gasteiger partial charge in [0.15, 0.2) is 0 Å². The molecule has 0 aromatic carbocycles. The van der Waals surface area contributed by atoms with Crippen LogP contribution in [0.4, 0.5) is 0 Å². The van der Waals surface area contributed by atoms with Gasteiger partial charge in [-0.25, -0.2) is 0 Å². The Kier molecular flexibility index (Phi) is 5.32. The Balaban J connectivity index is 2.74. The fraction of sp³-hybridized carbons (Fsp3) is 0.857. The Hall–Kier alpha value is -0.900. The summed E-state index contributed by atoms with van der Waals surface area (Å²) in [5.41, 5.74) is 5.02. The molecule has 3 N–H and O–H groups in total. The van der Waals surface area contributed by atoms with Crippen LogP contribution in [0, 0.1) is 17.3 Å². The van der Waals surface area contributed by atoms with Gasteiger partial charge in [0.25, 0.3) is 0 Å². The number of nitrogens with two attached hydrogens (primary N) is 1. The van der Waals surface area contributed by atoms with Gasteiger partial charge in [0.05, 0.1) is 0 Å². The number of hydrogen-bond acceptors (Lipinski definition) is 3. The highest BCUT2D eigenvalue weighted by molar-refractivity contribution is 5.91. The lowest BCUT2D eigenvalue weighted by molar-refractivity contribution is -0.139. The molecule has 0 spiro atoms. The molecule has 1 amide bonds. The molecule has 104 valence electrons. The normalized spacial score (nSPS) is 24.7. The second kappa shape index (κ2) is 6.32. The summed E-state index contributed by atoms with van der Waals surface area (Å²) in [6.07, 6.45) is 3.75. The van der Waals surface area contributed by atoms with E-state index in [0.29, 0.717) is 13.1 Å². The van der Waals surface area contributed by atoms with E-state index in [1.807, 2.05) is 20.8 Å². The van der Waals surface area contributed by atoms with E-state index in [-0.39, 0.29) is 28.9 Å². The number of carbonyl (C=O) groups excluding carboxylic acids is 2. The van der Waals surface area contributed by atoms with E-state index in [2.05, 4.69) is 5.32 Å². The largest absolute Gasteiger partial charge is 0.355 e. The van der Waals surface area contributed by atoms with E-state index in [1.54, 1.807) is 0 Å². The fourth-order valence-corrected chi connectivity index (χ4v) is 2.64. The highest BCUT2D eigenvalue weighted by atomic mass is 16.2. The summed E-state index contributed by atoms with van der Waals surface area (Å²) in [6, 6.07) is 0. The Morgan fingerprint density at radius 3 is 2.22 bits per heavy atom. The number of Topliss-reactive ketones (excluding diaryl/α,β-unsaturated/α-hetero) is 1. The second-order valence-corrected chi connectivity index (χ2v) is 6.19. The molecule has 4 heteroatoms. The van der Waals surface area contributed by atoms with Crippen molar-refractivity contribution in [3.63, 3.8) is 0 Å².